The predicted octanol–water partition coefficient (Wildman–Crippen LogP) is 1.97. The van der Waals surface area contributed by atoms with Crippen molar-refractivity contribution in [1.29, 1.82) is 0 Å². The molecule has 0 radical (unpaired) electrons. The number of hydrogen-bond acceptors (Lipinski definition) is 5. The quantitative estimate of drug-likeness (QED) is 0.651. The van der Waals surface area contributed by atoms with Crippen LogP contribution in [0.5, 0.6) is 0 Å². The second-order valence-corrected chi connectivity index (χ2v) is 4.86. The third-order valence-corrected chi connectivity index (χ3v) is 3.52. The first-order valence-corrected chi connectivity index (χ1v) is 6.88. The van der Waals surface area contributed by atoms with Crippen molar-refractivity contribution < 1.29 is 19.2 Å². The maximum absolute atomic E-state index is 14.2. The molecule has 2 N–H and O–H groups in total. The number of nitrogens with one attached hydrogen (secondary N) is 1. The minimum atomic E-state index is -1.00. The van der Waals surface area contributed by atoms with Crippen molar-refractivity contribution in [1.82, 2.24) is 4.90 Å². The number of hydrogen-bond donors (Lipinski definition) is 2. The number of piperazine rings is 1. The zero-order valence-electron chi connectivity index (χ0n) is 12.1. The van der Waals surface area contributed by atoms with E-state index in [9.17, 15) is 19.3 Å². The number of nitro groups is 1. The number of nitro benzene ring substituents is 1. The molecule has 0 spiro atoms. The van der Waals surface area contributed by atoms with Crippen molar-refractivity contribution >= 4 is 23.2 Å². The van der Waals surface area contributed by atoms with Gasteiger partial charge in [-0.2, -0.15) is 0 Å². The van der Waals surface area contributed by atoms with Gasteiger partial charge in [0.2, 0.25) is 0 Å². The largest absolute Gasteiger partial charge is 0.465 e. The lowest BCUT2D eigenvalue weighted by Crippen LogP contribution is -2.48. The highest BCUT2D eigenvalue weighted by Gasteiger charge is 2.25. The van der Waals surface area contributed by atoms with E-state index in [1.54, 1.807) is 11.8 Å². The molecular formula is C13H17FN4O4. The fourth-order valence-corrected chi connectivity index (χ4v) is 2.42. The number of halogens is 1. The molecule has 1 amide bonds. The van der Waals surface area contributed by atoms with Gasteiger partial charge in [-0.3, -0.25) is 10.1 Å². The minimum Gasteiger partial charge on any atom is -0.465 e. The molecule has 1 aliphatic heterocycles. The van der Waals surface area contributed by atoms with Gasteiger partial charge in [0.15, 0.2) is 5.82 Å². The third kappa shape index (κ3) is 3.18. The summed E-state index contributed by atoms with van der Waals surface area (Å²) in [5.74, 6) is -0.683. The summed E-state index contributed by atoms with van der Waals surface area (Å²) in [6.07, 6.45) is -1.00. The maximum Gasteiger partial charge on any atom is 0.407 e. The smallest absolute Gasteiger partial charge is 0.407 e. The summed E-state index contributed by atoms with van der Waals surface area (Å²) in [5.41, 5.74) is 0.184. The van der Waals surface area contributed by atoms with Gasteiger partial charge in [0.1, 0.15) is 5.69 Å². The number of anilines is 2. The summed E-state index contributed by atoms with van der Waals surface area (Å²) in [6, 6.07) is 2.31. The molecule has 22 heavy (non-hydrogen) atoms. The molecule has 0 bridgehead atoms. The van der Waals surface area contributed by atoms with Gasteiger partial charge < -0.3 is 20.2 Å². The fourth-order valence-electron chi connectivity index (χ4n) is 2.42. The van der Waals surface area contributed by atoms with Gasteiger partial charge in [0.05, 0.1) is 16.7 Å². The van der Waals surface area contributed by atoms with Crippen LogP contribution in [0.1, 0.15) is 6.92 Å². The molecule has 1 heterocycles. The van der Waals surface area contributed by atoms with Gasteiger partial charge >= 0.3 is 6.09 Å². The van der Waals surface area contributed by atoms with Crippen LogP contribution in [0.4, 0.5) is 26.2 Å². The van der Waals surface area contributed by atoms with E-state index in [1.165, 1.54) is 11.0 Å². The first-order valence-electron chi connectivity index (χ1n) is 6.88. The second-order valence-electron chi connectivity index (χ2n) is 4.86. The molecule has 8 nitrogen and oxygen atoms in total. The fraction of sp³-hybridized carbons (Fsp3) is 0.462. The topological polar surface area (TPSA) is 99.0 Å². The number of rotatable bonds is 4. The molecule has 120 valence electrons. The zero-order valence-corrected chi connectivity index (χ0v) is 12.1. The monoisotopic (exact) mass is 312 g/mol. The van der Waals surface area contributed by atoms with Gasteiger partial charge in [-0.25, -0.2) is 9.18 Å². The Balaban J connectivity index is 2.26. The highest BCUT2D eigenvalue weighted by Crippen LogP contribution is 2.32. The van der Waals surface area contributed by atoms with Crippen LogP contribution in [-0.2, 0) is 0 Å². The van der Waals surface area contributed by atoms with E-state index in [-0.39, 0.29) is 30.2 Å². The number of benzene rings is 1. The Labute approximate surface area is 126 Å². The first kappa shape index (κ1) is 15.8. The Hall–Kier alpha value is -2.58. The average molecular weight is 312 g/mol. The summed E-state index contributed by atoms with van der Waals surface area (Å²) < 4.78 is 14.2. The van der Waals surface area contributed by atoms with E-state index in [0.29, 0.717) is 19.6 Å². The third-order valence-electron chi connectivity index (χ3n) is 3.52. The SMILES string of the molecule is CCNc1cc(N2CCN(C(=O)O)CC2)c(F)cc1[N+](=O)[O-]. The summed E-state index contributed by atoms with van der Waals surface area (Å²) in [5, 5.41) is 22.7. The lowest BCUT2D eigenvalue weighted by atomic mass is 10.2. The molecule has 1 saturated heterocycles. The van der Waals surface area contributed by atoms with E-state index in [0.717, 1.165) is 6.07 Å². The summed E-state index contributed by atoms with van der Waals surface area (Å²) in [7, 11) is 0. The molecule has 0 atom stereocenters. The van der Waals surface area contributed by atoms with E-state index in [2.05, 4.69) is 5.32 Å². The molecule has 1 aromatic rings. The van der Waals surface area contributed by atoms with Crippen LogP contribution in [-0.4, -0.2) is 53.7 Å². The van der Waals surface area contributed by atoms with Crippen LogP contribution >= 0.6 is 0 Å². The highest BCUT2D eigenvalue weighted by molar-refractivity contribution is 5.70. The van der Waals surface area contributed by atoms with Crippen molar-refractivity contribution in [3.63, 3.8) is 0 Å². The van der Waals surface area contributed by atoms with Crippen LogP contribution in [0, 0.1) is 15.9 Å². The van der Waals surface area contributed by atoms with Gasteiger partial charge in [0.25, 0.3) is 5.69 Å². The van der Waals surface area contributed by atoms with Crippen molar-refractivity contribution in [2.45, 2.75) is 6.92 Å². The predicted molar refractivity (Wildman–Crippen MR) is 79.0 cm³/mol. The number of nitrogens with zero attached hydrogens (tertiary/aromatic N) is 3. The molecule has 1 fully saturated rings. The van der Waals surface area contributed by atoms with E-state index >= 15 is 0 Å². The van der Waals surface area contributed by atoms with Gasteiger partial charge in [0, 0.05) is 32.7 Å². The zero-order chi connectivity index (χ0) is 16.3. The van der Waals surface area contributed by atoms with Gasteiger partial charge in [-0.05, 0) is 13.0 Å². The average Bonchev–Trinajstić information content (AvgIpc) is 2.48. The molecule has 0 aromatic heterocycles. The maximum atomic E-state index is 14.2. The minimum absolute atomic E-state index is 0.242. The normalized spacial score (nSPS) is 14.8. The number of amides is 1. The molecule has 1 aromatic carbocycles. The number of carboxylic acid groups (broad SMARTS) is 1. The second kappa shape index (κ2) is 6.46. The lowest BCUT2D eigenvalue weighted by molar-refractivity contribution is -0.384. The molecular weight excluding hydrogens is 295 g/mol. The molecule has 2 rings (SSSR count). The van der Waals surface area contributed by atoms with E-state index < -0.39 is 16.8 Å². The van der Waals surface area contributed by atoms with Crippen molar-refractivity contribution in [2.75, 3.05) is 42.9 Å². The molecule has 9 heteroatoms. The van der Waals surface area contributed by atoms with Gasteiger partial charge in [-0.1, -0.05) is 0 Å². The van der Waals surface area contributed by atoms with Crippen molar-refractivity contribution in [3.05, 3.63) is 28.1 Å². The summed E-state index contributed by atoms with van der Waals surface area (Å²) >= 11 is 0. The molecule has 0 saturated carbocycles. The molecule has 0 aliphatic carbocycles. The summed E-state index contributed by atoms with van der Waals surface area (Å²) in [6.45, 7) is 3.47. The Morgan fingerprint density at radius 1 is 1.41 bits per heavy atom. The van der Waals surface area contributed by atoms with E-state index in [1.807, 2.05) is 0 Å². The van der Waals surface area contributed by atoms with Crippen LogP contribution in [0.15, 0.2) is 12.1 Å². The first-order chi connectivity index (χ1) is 10.4. The van der Waals surface area contributed by atoms with Gasteiger partial charge in [-0.15, -0.1) is 0 Å². The lowest BCUT2D eigenvalue weighted by Gasteiger charge is -2.34. The molecule has 0 unspecified atom stereocenters. The van der Waals surface area contributed by atoms with Crippen LogP contribution in [0.2, 0.25) is 0 Å². The summed E-state index contributed by atoms with van der Waals surface area (Å²) in [4.78, 5) is 24.2. The van der Waals surface area contributed by atoms with Crippen molar-refractivity contribution in [3.8, 4) is 0 Å². The highest BCUT2D eigenvalue weighted by atomic mass is 19.1. The number of carbonyl (C=O) groups is 1. The van der Waals surface area contributed by atoms with Crippen LogP contribution in [0.25, 0.3) is 0 Å². The van der Waals surface area contributed by atoms with E-state index in [4.69, 9.17) is 5.11 Å². The van der Waals surface area contributed by atoms with Crippen LogP contribution < -0.4 is 10.2 Å². The Kier molecular flexibility index (Phi) is 4.64. The molecule has 1 aliphatic rings. The standard InChI is InChI=1S/C13H17FN4O4/c1-2-15-10-8-11(9(14)7-12(10)18(21)22)16-3-5-17(6-4-16)13(19)20/h7-8,15H,2-6H2,1H3,(H,19,20). The van der Waals surface area contributed by atoms with Crippen molar-refractivity contribution in [2.24, 2.45) is 0 Å². The Morgan fingerprint density at radius 2 is 2.05 bits per heavy atom. The Bertz CT molecular complexity index is 588. The van der Waals surface area contributed by atoms with Crippen LogP contribution in [0.3, 0.4) is 0 Å². The Morgan fingerprint density at radius 3 is 2.55 bits per heavy atom.